The minimum absolute atomic E-state index is 0.267. The number of carbonyl (C=O) groups is 1. The van der Waals surface area contributed by atoms with Crippen molar-refractivity contribution in [3.05, 3.63) is 58.4 Å². The first kappa shape index (κ1) is 17.3. The number of benzene rings is 2. The number of methoxy groups -OCH3 is 2. The molecule has 128 valence electrons. The molecule has 1 heterocycles. The first-order valence-corrected chi connectivity index (χ1v) is 8.70. The third-order valence-corrected chi connectivity index (χ3v) is 5.27. The number of thiophene rings is 1. The number of hydrogen-bond acceptors (Lipinski definition) is 4. The summed E-state index contributed by atoms with van der Waals surface area (Å²) in [6.07, 6.45) is 3.18. The highest BCUT2D eigenvalue weighted by atomic mass is 35.5. The highest BCUT2D eigenvalue weighted by Crippen LogP contribution is 2.36. The number of nitrogens with one attached hydrogen (secondary N) is 1. The monoisotopic (exact) mass is 373 g/mol. The SMILES string of the molecule is COc1ccc(NC(=O)C=Cc2sc3ccccc3c2Cl)c(OC)c1. The van der Waals surface area contributed by atoms with Gasteiger partial charge in [-0.05, 0) is 24.3 Å². The van der Waals surface area contributed by atoms with Gasteiger partial charge in [-0.1, -0.05) is 29.8 Å². The lowest BCUT2D eigenvalue weighted by molar-refractivity contribution is -0.111. The Morgan fingerprint density at radius 1 is 1.16 bits per heavy atom. The van der Waals surface area contributed by atoms with Crippen LogP contribution in [0.25, 0.3) is 16.2 Å². The summed E-state index contributed by atoms with van der Waals surface area (Å²) in [6, 6.07) is 13.1. The molecule has 1 aromatic heterocycles. The molecule has 4 nitrogen and oxygen atoms in total. The molecule has 1 N–H and O–H groups in total. The number of ether oxygens (including phenoxy) is 2. The molecule has 0 aliphatic heterocycles. The molecule has 0 radical (unpaired) electrons. The maximum Gasteiger partial charge on any atom is 0.248 e. The maximum absolute atomic E-state index is 12.2. The van der Waals surface area contributed by atoms with Gasteiger partial charge >= 0.3 is 0 Å². The van der Waals surface area contributed by atoms with E-state index in [0.717, 1.165) is 15.0 Å². The summed E-state index contributed by atoms with van der Waals surface area (Å²) in [4.78, 5) is 13.1. The van der Waals surface area contributed by atoms with Gasteiger partial charge in [0.15, 0.2) is 0 Å². The topological polar surface area (TPSA) is 47.6 Å². The van der Waals surface area contributed by atoms with Crippen LogP contribution in [0.15, 0.2) is 48.5 Å². The number of carbonyl (C=O) groups excluding carboxylic acids is 1. The van der Waals surface area contributed by atoms with Crippen LogP contribution in [0.2, 0.25) is 5.02 Å². The van der Waals surface area contributed by atoms with E-state index >= 15 is 0 Å². The second-order valence-electron chi connectivity index (χ2n) is 5.17. The molecule has 0 aliphatic carbocycles. The Morgan fingerprint density at radius 3 is 2.68 bits per heavy atom. The predicted octanol–water partition coefficient (Wildman–Crippen LogP) is 5.22. The largest absolute Gasteiger partial charge is 0.497 e. The van der Waals surface area contributed by atoms with Crippen LogP contribution in [0.5, 0.6) is 11.5 Å². The van der Waals surface area contributed by atoms with Gasteiger partial charge in [0, 0.05) is 27.1 Å². The summed E-state index contributed by atoms with van der Waals surface area (Å²) in [6.45, 7) is 0. The van der Waals surface area contributed by atoms with E-state index in [0.29, 0.717) is 22.2 Å². The number of halogens is 1. The molecule has 25 heavy (non-hydrogen) atoms. The Bertz CT molecular complexity index is 949. The molecule has 1 amide bonds. The lowest BCUT2D eigenvalue weighted by Gasteiger charge is -2.10. The molecule has 0 spiro atoms. The van der Waals surface area contributed by atoms with E-state index in [4.69, 9.17) is 21.1 Å². The predicted molar refractivity (Wildman–Crippen MR) is 104 cm³/mol. The summed E-state index contributed by atoms with van der Waals surface area (Å²) in [5, 5.41) is 4.44. The number of anilines is 1. The van der Waals surface area contributed by atoms with Crippen molar-refractivity contribution in [2.75, 3.05) is 19.5 Å². The van der Waals surface area contributed by atoms with Crippen LogP contribution in [-0.4, -0.2) is 20.1 Å². The van der Waals surface area contributed by atoms with E-state index in [1.54, 1.807) is 42.7 Å². The Morgan fingerprint density at radius 2 is 1.96 bits per heavy atom. The summed E-state index contributed by atoms with van der Waals surface area (Å²) >= 11 is 7.92. The molecule has 0 unspecified atom stereocenters. The van der Waals surface area contributed by atoms with Crippen LogP contribution in [0.4, 0.5) is 5.69 Å². The average molecular weight is 374 g/mol. The van der Waals surface area contributed by atoms with Crippen LogP contribution in [0.1, 0.15) is 4.88 Å². The van der Waals surface area contributed by atoms with Gasteiger partial charge in [-0.25, -0.2) is 0 Å². The second kappa shape index (κ2) is 7.59. The molecule has 3 rings (SSSR count). The summed E-state index contributed by atoms with van der Waals surface area (Å²) < 4.78 is 11.5. The number of fused-ring (bicyclic) bond motifs is 1. The fourth-order valence-electron chi connectivity index (χ4n) is 2.37. The summed E-state index contributed by atoms with van der Waals surface area (Å²) in [5.41, 5.74) is 0.570. The van der Waals surface area contributed by atoms with E-state index in [-0.39, 0.29) is 5.91 Å². The molecule has 0 aliphatic rings. The van der Waals surface area contributed by atoms with Crippen molar-refractivity contribution >= 4 is 50.7 Å². The third kappa shape index (κ3) is 3.78. The lowest BCUT2D eigenvalue weighted by atomic mass is 10.2. The zero-order valence-corrected chi connectivity index (χ0v) is 15.3. The molecule has 0 saturated carbocycles. The van der Waals surface area contributed by atoms with Crippen molar-refractivity contribution in [1.29, 1.82) is 0 Å². The first-order chi connectivity index (χ1) is 12.1. The standard InChI is InChI=1S/C19H16ClNO3S/c1-23-12-7-8-14(15(11-12)24-2)21-18(22)10-9-17-19(20)13-5-3-4-6-16(13)25-17/h3-11H,1-2H3,(H,21,22). The Kier molecular flexibility index (Phi) is 5.26. The second-order valence-corrected chi connectivity index (χ2v) is 6.63. The smallest absolute Gasteiger partial charge is 0.248 e. The minimum Gasteiger partial charge on any atom is -0.497 e. The Hall–Kier alpha value is -2.50. The number of amides is 1. The van der Waals surface area contributed by atoms with E-state index in [9.17, 15) is 4.79 Å². The van der Waals surface area contributed by atoms with E-state index in [1.807, 2.05) is 24.3 Å². The van der Waals surface area contributed by atoms with Gasteiger partial charge in [-0.15, -0.1) is 11.3 Å². The van der Waals surface area contributed by atoms with Crippen molar-refractivity contribution in [2.45, 2.75) is 0 Å². The normalized spacial score (nSPS) is 11.0. The summed E-state index contributed by atoms with van der Waals surface area (Å²) in [7, 11) is 3.11. The van der Waals surface area contributed by atoms with Crippen LogP contribution in [-0.2, 0) is 4.79 Å². The average Bonchev–Trinajstić information content (AvgIpc) is 2.96. The van der Waals surface area contributed by atoms with E-state index < -0.39 is 0 Å². The van der Waals surface area contributed by atoms with E-state index in [1.165, 1.54) is 13.2 Å². The van der Waals surface area contributed by atoms with Crippen LogP contribution < -0.4 is 14.8 Å². The Balaban J connectivity index is 1.78. The maximum atomic E-state index is 12.2. The highest BCUT2D eigenvalue weighted by molar-refractivity contribution is 7.20. The van der Waals surface area contributed by atoms with Crippen molar-refractivity contribution < 1.29 is 14.3 Å². The number of hydrogen-bond donors (Lipinski definition) is 1. The quantitative estimate of drug-likeness (QED) is 0.623. The molecule has 0 bridgehead atoms. The van der Waals surface area contributed by atoms with Gasteiger partial charge in [0.25, 0.3) is 0 Å². The molecule has 3 aromatic rings. The summed E-state index contributed by atoms with van der Waals surface area (Å²) in [5.74, 6) is 0.917. The zero-order chi connectivity index (χ0) is 17.8. The molecule has 0 atom stereocenters. The van der Waals surface area contributed by atoms with Crippen molar-refractivity contribution in [3.63, 3.8) is 0 Å². The molecule has 6 heteroatoms. The fourth-order valence-corrected chi connectivity index (χ4v) is 3.77. The van der Waals surface area contributed by atoms with Gasteiger partial charge in [-0.2, -0.15) is 0 Å². The highest BCUT2D eigenvalue weighted by Gasteiger charge is 2.09. The molecular formula is C19H16ClNO3S. The molecule has 0 fully saturated rings. The Labute approximate surface area is 154 Å². The molecule has 0 saturated heterocycles. The lowest BCUT2D eigenvalue weighted by Crippen LogP contribution is -2.08. The third-order valence-electron chi connectivity index (χ3n) is 3.61. The van der Waals surface area contributed by atoms with Crippen molar-refractivity contribution in [3.8, 4) is 11.5 Å². The van der Waals surface area contributed by atoms with Crippen molar-refractivity contribution in [1.82, 2.24) is 0 Å². The van der Waals surface area contributed by atoms with Gasteiger partial charge in [0.1, 0.15) is 11.5 Å². The van der Waals surface area contributed by atoms with Crippen molar-refractivity contribution in [2.24, 2.45) is 0 Å². The van der Waals surface area contributed by atoms with E-state index in [2.05, 4.69) is 5.32 Å². The fraction of sp³-hybridized carbons (Fsp3) is 0.105. The number of rotatable bonds is 5. The van der Waals surface area contributed by atoms with Crippen LogP contribution in [0.3, 0.4) is 0 Å². The van der Waals surface area contributed by atoms with Crippen LogP contribution in [0, 0.1) is 0 Å². The van der Waals surface area contributed by atoms with Gasteiger partial charge < -0.3 is 14.8 Å². The first-order valence-electron chi connectivity index (χ1n) is 7.50. The molecular weight excluding hydrogens is 358 g/mol. The van der Waals surface area contributed by atoms with Gasteiger partial charge in [0.2, 0.25) is 5.91 Å². The molecule has 2 aromatic carbocycles. The minimum atomic E-state index is -0.267. The zero-order valence-electron chi connectivity index (χ0n) is 13.7. The van der Waals surface area contributed by atoms with Crippen LogP contribution >= 0.6 is 22.9 Å². The van der Waals surface area contributed by atoms with Gasteiger partial charge in [0.05, 0.1) is 24.9 Å². The van der Waals surface area contributed by atoms with Gasteiger partial charge in [-0.3, -0.25) is 4.79 Å².